The molecule has 0 aromatic heterocycles. The second-order valence-corrected chi connectivity index (χ2v) is 6.04. The summed E-state index contributed by atoms with van der Waals surface area (Å²) in [6.07, 6.45) is 0.625. The Morgan fingerprint density at radius 3 is 2.04 bits per heavy atom. The van der Waals surface area contributed by atoms with E-state index in [-0.39, 0.29) is 16.8 Å². The molecule has 4 nitrogen and oxygen atoms in total. The maximum atomic E-state index is 12.4. The monoisotopic (exact) mass is 358 g/mol. The highest BCUT2D eigenvalue weighted by Crippen LogP contribution is 2.31. The highest BCUT2D eigenvalue weighted by Gasteiger charge is 2.30. The minimum atomic E-state index is -0.422. The summed E-state index contributed by atoms with van der Waals surface area (Å²) in [6, 6.07) is 13.5. The number of amides is 1. The molecule has 0 atom stereocenters. The van der Waals surface area contributed by atoms with Crippen molar-refractivity contribution >= 4 is 46.8 Å². The fourth-order valence-corrected chi connectivity index (χ4v) is 2.75. The Labute approximate surface area is 148 Å². The molecule has 0 bridgehead atoms. The highest BCUT2D eigenvalue weighted by molar-refractivity contribution is 6.31. The molecule has 0 spiro atoms. The van der Waals surface area contributed by atoms with Crippen LogP contribution in [0.3, 0.4) is 0 Å². The molecule has 1 aliphatic rings. The van der Waals surface area contributed by atoms with Gasteiger partial charge in [-0.05, 0) is 35.4 Å². The van der Waals surface area contributed by atoms with Gasteiger partial charge in [0.2, 0.25) is 0 Å². The molecule has 1 aliphatic heterocycles. The summed E-state index contributed by atoms with van der Waals surface area (Å²) in [5.74, 6) is -0.422. The maximum Gasteiger partial charge on any atom is 0.258 e. The van der Waals surface area contributed by atoms with Gasteiger partial charge in [0.25, 0.3) is 5.91 Å². The lowest BCUT2D eigenvalue weighted by molar-refractivity contribution is -0.116. The first-order valence-corrected chi connectivity index (χ1v) is 7.79. The van der Waals surface area contributed by atoms with Gasteiger partial charge in [0, 0.05) is 10.0 Å². The van der Waals surface area contributed by atoms with Crippen LogP contribution >= 0.6 is 23.2 Å². The SMILES string of the molecule is N/C(=C1/C(=O)NC(c2ccc(Cl)cc2)=C1C=O)c1ccc(Cl)cc1. The smallest absolute Gasteiger partial charge is 0.258 e. The summed E-state index contributed by atoms with van der Waals surface area (Å²) < 4.78 is 0. The Morgan fingerprint density at radius 2 is 1.50 bits per heavy atom. The molecule has 0 radical (unpaired) electrons. The highest BCUT2D eigenvalue weighted by atomic mass is 35.5. The third-order valence-electron chi connectivity index (χ3n) is 3.68. The van der Waals surface area contributed by atoms with Crippen molar-refractivity contribution in [2.24, 2.45) is 5.73 Å². The standard InChI is InChI=1S/C18H12Cl2N2O2/c19-12-5-1-10(2-6-12)16(21)15-14(9-23)17(22-18(15)24)11-3-7-13(20)8-4-11/h1-9H,21H2,(H,22,24)/b16-15+. The molecule has 0 unspecified atom stereocenters. The lowest BCUT2D eigenvalue weighted by atomic mass is 9.99. The van der Waals surface area contributed by atoms with Gasteiger partial charge in [0.05, 0.1) is 22.5 Å². The Hall–Kier alpha value is -2.56. The zero-order chi connectivity index (χ0) is 17.3. The molecule has 0 aliphatic carbocycles. The topological polar surface area (TPSA) is 72.2 Å². The second kappa shape index (κ2) is 6.51. The fourth-order valence-electron chi connectivity index (χ4n) is 2.49. The lowest BCUT2D eigenvalue weighted by Crippen LogP contribution is -2.18. The van der Waals surface area contributed by atoms with Gasteiger partial charge in [0.1, 0.15) is 0 Å². The van der Waals surface area contributed by atoms with Crippen LogP contribution < -0.4 is 11.1 Å². The molecular weight excluding hydrogens is 347 g/mol. The van der Waals surface area contributed by atoms with E-state index < -0.39 is 5.91 Å². The number of nitrogens with two attached hydrogens (primary N) is 1. The average molecular weight is 359 g/mol. The molecule has 1 amide bonds. The van der Waals surface area contributed by atoms with Crippen LogP contribution in [0.5, 0.6) is 0 Å². The zero-order valence-corrected chi connectivity index (χ0v) is 13.9. The van der Waals surface area contributed by atoms with Crippen LogP contribution in [0.15, 0.2) is 59.7 Å². The van der Waals surface area contributed by atoms with Crippen molar-refractivity contribution in [2.75, 3.05) is 0 Å². The molecule has 0 saturated carbocycles. The first-order chi connectivity index (χ1) is 11.5. The van der Waals surface area contributed by atoms with Crippen LogP contribution in [0.2, 0.25) is 10.0 Å². The van der Waals surface area contributed by atoms with E-state index in [9.17, 15) is 9.59 Å². The van der Waals surface area contributed by atoms with E-state index in [1.807, 2.05) is 0 Å². The molecule has 2 aromatic rings. The van der Waals surface area contributed by atoms with E-state index in [0.29, 0.717) is 33.2 Å². The molecular formula is C18H12Cl2N2O2. The van der Waals surface area contributed by atoms with E-state index in [4.69, 9.17) is 28.9 Å². The minimum absolute atomic E-state index is 0.150. The number of hydrogen-bond acceptors (Lipinski definition) is 3. The predicted molar refractivity (Wildman–Crippen MR) is 95.1 cm³/mol. The normalized spacial score (nSPS) is 16.2. The van der Waals surface area contributed by atoms with Gasteiger partial charge in [-0.15, -0.1) is 0 Å². The van der Waals surface area contributed by atoms with Gasteiger partial charge in [-0.2, -0.15) is 0 Å². The van der Waals surface area contributed by atoms with Crippen LogP contribution in [0, 0.1) is 0 Å². The average Bonchev–Trinajstić information content (AvgIpc) is 2.92. The number of halogens is 2. The molecule has 6 heteroatoms. The number of carbonyl (C=O) groups is 2. The van der Waals surface area contributed by atoms with Crippen LogP contribution in [-0.4, -0.2) is 12.2 Å². The first-order valence-electron chi connectivity index (χ1n) is 7.04. The van der Waals surface area contributed by atoms with Crippen molar-refractivity contribution in [1.82, 2.24) is 5.32 Å². The summed E-state index contributed by atoms with van der Waals surface area (Å²) in [4.78, 5) is 24.0. The van der Waals surface area contributed by atoms with E-state index in [1.165, 1.54) is 0 Å². The number of aldehydes is 1. The van der Waals surface area contributed by atoms with Gasteiger partial charge < -0.3 is 11.1 Å². The fraction of sp³-hybridized carbons (Fsp3) is 0. The summed E-state index contributed by atoms with van der Waals surface area (Å²) in [5, 5.41) is 3.82. The summed E-state index contributed by atoms with van der Waals surface area (Å²) in [6.45, 7) is 0. The molecule has 120 valence electrons. The van der Waals surface area contributed by atoms with Crippen molar-refractivity contribution in [2.45, 2.75) is 0 Å². The Morgan fingerprint density at radius 1 is 0.958 bits per heavy atom. The van der Waals surface area contributed by atoms with Crippen LogP contribution in [0.1, 0.15) is 11.1 Å². The van der Waals surface area contributed by atoms with E-state index in [2.05, 4.69) is 5.32 Å². The van der Waals surface area contributed by atoms with Gasteiger partial charge >= 0.3 is 0 Å². The van der Waals surface area contributed by atoms with Gasteiger partial charge in [0.15, 0.2) is 6.29 Å². The Kier molecular flexibility index (Phi) is 4.42. The molecule has 1 heterocycles. The lowest BCUT2D eigenvalue weighted by Gasteiger charge is -2.06. The minimum Gasteiger partial charge on any atom is -0.398 e. The third kappa shape index (κ3) is 2.94. The zero-order valence-electron chi connectivity index (χ0n) is 12.3. The summed E-state index contributed by atoms with van der Waals surface area (Å²) in [5.41, 5.74) is 8.42. The summed E-state index contributed by atoms with van der Waals surface area (Å²) >= 11 is 11.7. The number of benzene rings is 2. The number of carbonyl (C=O) groups excluding carboxylic acids is 2. The number of nitrogens with one attached hydrogen (secondary N) is 1. The third-order valence-corrected chi connectivity index (χ3v) is 4.18. The predicted octanol–water partition coefficient (Wildman–Crippen LogP) is 3.40. The number of hydrogen-bond donors (Lipinski definition) is 2. The Balaban J connectivity index is 2.15. The quantitative estimate of drug-likeness (QED) is 0.652. The second-order valence-electron chi connectivity index (χ2n) is 5.16. The first kappa shape index (κ1) is 16.3. The Bertz CT molecular complexity index is 882. The van der Waals surface area contributed by atoms with Gasteiger partial charge in [-0.1, -0.05) is 47.5 Å². The maximum absolute atomic E-state index is 12.4. The van der Waals surface area contributed by atoms with Crippen LogP contribution in [0.4, 0.5) is 0 Å². The molecule has 2 aromatic carbocycles. The summed E-state index contributed by atoms with van der Waals surface area (Å²) in [7, 11) is 0. The molecule has 0 fully saturated rings. The van der Waals surface area contributed by atoms with Crippen molar-refractivity contribution in [1.29, 1.82) is 0 Å². The largest absolute Gasteiger partial charge is 0.398 e. The van der Waals surface area contributed by atoms with Crippen LogP contribution in [0.25, 0.3) is 11.4 Å². The van der Waals surface area contributed by atoms with Crippen LogP contribution in [-0.2, 0) is 9.59 Å². The van der Waals surface area contributed by atoms with Crippen molar-refractivity contribution in [3.63, 3.8) is 0 Å². The molecule has 3 rings (SSSR count). The van der Waals surface area contributed by atoms with E-state index >= 15 is 0 Å². The van der Waals surface area contributed by atoms with Crippen molar-refractivity contribution in [3.05, 3.63) is 80.8 Å². The van der Waals surface area contributed by atoms with Crippen molar-refractivity contribution < 1.29 is 9.59 Å². The van der Waals surface area contributed by atoms with Gasteiger partial charge in [-0.3, -0.25) is 9.59 Å². The van der Waals surface area contributed by atoms with E-state index in [1.54, 1.807) is 48.5 Å². The molecule has 24 heavy (non-hydrogen) atoms. The number of rotatable bonds is 3. The van der Waals surface area contributed by atoms with Crippen molar-refractivity contribution in [3.8, 4) is 0 Å². The van der Waals surface area contributed by atoms with Gasteiger partial charge in [-0.25, -0.2) is 0 Å². The molecule has 0 saturated heterocycles. The van der Waals surface area contributed by atoms with E-state index in [0.717, 1.165) is 0 Å². The molecule has 3 N–H and O–H groups in total.